The molecule has 0 spiro atoms. The van der Waals surface area contributed by atoms with E-state index in [9.17, 15) is 18.0 Å². The monoisotopic (exact) mass is 312 g/mol. The van der Waals surface area contributed by atoms with Gasteiger partial charge >= 0.3 is 6.18 Å². The topological polar surface area (TPSA) is 56.0 Å². The van der Waals surface area contributed by atoms with Crippen LogP contribution in [-0.4, -0.2) is 10.9 Å². The van der Waals surface area contributed by atoms with Crippen LogP contribution in [0.3, 0.4) is 0 Å². The van der Waals surface area contributed by atoms with Crippen LogP contribution in [0.25, 0.3) is 6.08 Å². The van der Waals surface area contributed by atoms with Gasteiger partial charge in [0.15, 0.2) is 0 Å². The van der Waals surface area contributed by atoms with Crippen molar-refractivity contribution in [2.24, 2.45) is 5.73 Å². The molecule has 2 aromatic rings. The Morgan fingerprint density at radius 1 is 1.29 bits per heavy atom. The van der Waals surface area contributed by atoms with Crippen LogP contribution in [0.5, 0.6) is 0 Å². The highest BCUT2D eigenvalue weighted by molar-refractivity contribution is 7.09. The number of amides is 1. The number of thiazole rings is 1. The molecule has 0 bridgehead atoms. The largest absolute Gasteiger partial charge is 0.416 e. The molecule has 1 heterocycles. The first-order valence-corrected chi connectivity index (χ1v) is 6.80. The maximum Gasteiger partial charge on any atom is 0.416 e. The number of carbonyl (C=O) groups is 1. The molecule has 1 amide bonds. The van der Waals surface area contributed by atoms with Gasteiger partial charge in [-0.25, -0.2) is 4.98 Å². The second-order valence-corrected chi connectivity index (χ2v) is 5.24. The zero-order chi connectivity index (χ0) is 15.5. The van der Waals surface area contributed by atoms with E-state index >= 15 is 0 Å². The average molecular weight is 312 g/mol. The molecule has 0 saturated heterocycles. The number of hydrogen-bond donors (Lipinski definition) is 1. The molecular formula is C14H11F3N2OS. The lowest BCUT2D eigenvalue weighted by Crippen LogP contribution is -2.15. The molecule has 0 aliphatic heterocycles. The van der Waals surface area contributed by atoms with Crippen molar-refractivity contribution >= 4 is 23.3 Å². The van der Waals surface area contributed by atoms with Gasteiger partial charge in [-0.3, -0.25) is 4.79 Å². The van der Waals surface area contributed by atoms with Crippen molar-refractivity contribution in [1.82, 2.24) is 4.98 Å². The van der Waals surface area contributed by atoms with Crippen molar-refractivity contribution < 1.29 is 18.0 Å². The fraction of sp³-hybridized carbons (Fsp3) is 0.143. The number of nitrogens with zero attached hydrogens (tertiary/aromatic N) is 1. The summed E-state index contributed by atoms with van der Waals surface area (Å²) >= 11 is 1.38. The number of benzene rings is 1. The van der Waals surface area contributed by atoms with Crippen LogP contribution in [0, 0.1) is 0 Å². The molecule has 21 heavy (non-hydrogen) atoms. The molecule has 1 aromatic heterocycles. The molecule has 2 rings (SSSR count). The van der Waals surface area contributed by atoms with Gasteiger partial charge in [-0.15, -0.1) is 11.3 Å². The first-order valence-electron chi connectivity index (χ1n) is 5.92. The van der Waals surface area contributed by atoms with Crippen molar-refractivity contribution in [2.75, 3.05) is 0 Å². The van der Waals surface area contributed by atoms with Gasteiger partial charge in [-0.2, -0.15) is 13.2 Å². The van der Waals surface area contributed by atoms with Crippen molar-refractivity contribution in [1.29, 1.82) is 0 Å². The lowest BCUT2D eigenvalue weighted by molar-refractivity contribution is -0.137. The minimum atomic E-state index is -4.38. The molecule has 0 aliphatic rings. The maximum atomic E-state index is 12.5. The van der Waals surface area contributed by atoms with Gasteiger partial charge in [0.05, 0.1) is 10.6 Å². The van der Waals surface area contributed by atoms with Gasteiger partial charge in [-0.1, -0.05) is 12.1 Å². The third-order valence-corrected chi connectivity index (χ3v) is 3.50. The van der Waals surface area contributed by atoms with Gasteiger partial charge in [0.2, 0.25) is 5.91 Å². The SMILES string of the molecule is NC(=O)C(=Cc1ccc(C(F)(F)F)cc1)Cc1nccs1. The number of carbonyl (C=O) groups excluding carboxylic acids is 1. The Hall–Kier alpha value is -2.15. The number of rotatable bonds is 4. The Morgan fingerprint density at radius 3 is 2.43 bits per heavy atom. The van der Waals surface area contributed by atoms with E-state index < -0.39 is 17.6 Å². The number of hydrogen-bond acceptors (Lipinski definition) is 3. The number of primary amides is 1. The zero-order valence-corrected chi connectivity index (χ0v) is 11.5. The summed E-state index contributed by atoms with van der Waals surface area (Å²) in [6.45, 7) is 0. The van der Waals surface area contributed by atoms with Crippen molar-refractivity contribution in [3.05, 3.63) is 57.6 Å². The van der Waals surface area contributed by atoms with Gasteiger partial charge < -0.3 is 5.73 Å². The van der Waals surface area contributed by atoms with Crippen molar-refractivity contribution in [2.45, 2.75) is 12.6 Å². The van der Waals surface area contributed by atoms with E-state index in [4.69, 9.17) is 5.73 Å². The summed E-state index contributed by atoms with van der Waals surface area (Å²) in [6, 6.07) is 4.53. The molecule has 1 aromatic carbocycles. The predicted molar refractivity (Wildman–Crippen MR) is 74.4 cm³/mol. The summed E-state index contributed by atoms with van der Waals surface area (Å²) in [7, 11) is 0. The molecule has 0 aliphatic carbocycles. The standard InChI is InChI=1S/C14H11F3N2OS/c15-14(16,17)11-3-1-9(2-4-11)7-10(13(18)20)8-12-19-5-6-21-12/h1-7H,8H2,(H2,18,20). The van der Waals surface area contributed by atoms with Crippen molar-refractivity contribution in [3.8, 4) is 0 Å². The van der Waals surface area contributed by atoms with Gasteiger partial charge in [0.25, 0.3) is 0 Å². The van der Waals surface area contributed by atoms with E-state index in [1.165, 1.54) is 29.5 Å². The molecule has 7 heteroatoms. The molecule has 0 unspecified atom stereocenters. The van der Waals surface area contributed by atoms with E-state index in [1.807, 2.05) is 0 Å². The quantitative estimate of drug-likeness (QED) is 0.881. The lowest BCUT2D eigenvalue weighted by Gasteiger charge is -2.07. The van der Waals surface area contributed by atoms with Gasteiger partial charge in [0.1, 0.15) is 0 Å². The molecular weight excluding hydrogens is 301 g/mol. The first-order chi connectivity index (χ1) is 9.86. The Bertz CT molecular complexity index is 646. The molecule has 3 nitrogen and oxygen atoms in total. The summed E-state index contributed by atoms with van der Waals surface area (Å²) < 4.78 is 37.4. The molecule has 2 N–H and O–H groups in total. The highest BCUT2D eigenvalue weighted by atomic mass is 32.1. The fourth-order valence-electron chi connectivity index (χ4n) is 1.68. The third kappa shape index (κ3) is 4.16. The molecule has 0 radical (unpaired) electrons. The average Bonchev–Trinajstić information content (AvgIpc) is 2.90. The normalized spacial score (nSPS) is 12.4. The minimum absolute atomic E-state index is 0.258. The summed E-state index contributed by atoms with van der Waals surface area (Å²) in [6.07, 6.45) is -1.04. The van der Waals surface area contributed by atoms with Gasteiger partial charge in [0, 0.05) is 23.6 Å². The summed E-state index contributed by atoms with van der Waals surface area (Å²) in [5, 5.41) is 2.48. The van der Waals surface area contributed by atoms with E-state index in [0.29, 0.717) is 16.1 Å². The molecule has 0 atom stereocenters. The van der Waals surface area contributed by atoms with Gasteiger partial charge in [-0.05, 0) is 23.8 Å². The van der Waals surface area contributed by atoms with E-state index in [0.717, 1.165) is 12.1 Å². The summed E-state index contributed by atoms with van der Waals surface area (Å²) in [5.41, 5.74) is 5.33. The second-order valence-electron chi connectivity index (χ2n) is 4.26. The second kappa shape index (κ2) is 6.09. The molecule has 0 fully saturated rings. The molecule has 0 saturated carbocycles. The third-order valence-electron chi connectivity index (χ3n) is 2.72. The predicted octanol–water partition coefficient (Wildman–Crippen LogP) is 3.27. The van der Waals surface area contributed by atoms with E-state index in [2.05, 4.69) is 4.98 Å². The van der Waals surface area contributed by atoms with E-state index in [-0.39, 0.29) is 6.42 Å². The van der Waals surface area contributed by atoms with Crippen LogP contribution in [-0.2, 0) is 17.4 Å². The summed E-state index contributed by atoms with van der Waals surface area (Å²) in [5.74, 6) is -0.620. The van der Waals surface area contributed by atoms with Crippen LogP contribution in [0.1, 0.15) is 16.1 Å². The molecule has 110 valence electrons. The lowest BCUT2D eigenvalue weighted by atomic mass is 10.1. The Labute approximate surface area is 122 Å². The fourth-order valence-corrected chi connectivity index (χ4v) is 2.32. The highest BCUT2D eigenvalue weighted by Gasteiger charge is 2.29. The van der Waals surface area contributed by atoms with Crippen LogP contribution < -0.4 is 5.73 Å². The Morgan fingerprint density at radius 2 is 1.95 bits per heavy atom. The highest BCUT2D eigenvalue weighted by Crippen LogP contribution is 2.29. The number of nitrogens with two attached hydrogens (primary N) is 1. The van der Waals surface area contributed by atoms with Crippen molar-refractivity contribution in [3.63, 3.8) is 0 Å². The van der Waals surface area contributed by atoms with E-state index in [1.54, 1.807) is 11.6 Å². The number of aromatic nitrogens is 1. The Kier molecular flexibility index (Phi) is 4.42. The van der Waals surface area contributed by atoms with Crippen LogP contribution in [0.2, 0.25) is 0 Å². The minimum Gasteiger partial charge on any atom is -0.366 e. The number of alkyl halides is 3. The maximum absolute atomic E-state index is 12.5. The van der Waals surface area contributed by atoms with Crippen LogP contribution in [0.4, 0.5) is 13.2 Å². The first kappa shape index (κ1) is 15.2. The van der Waals surface area contributed by atoms with Crippen LogP contribution >= 0.6 is 11.3 Å². The summed E-state index contributed by atoms with van der Waals surface area (Å²) in [4.78, 5) is 15.5. The smallest absolute Gasteiger partial charge is 0.366 e. The number of halogens is 3. The Balaban J connectivity index is 2.24. The zero-order valence-electron chi connectivity index (χ0n) is 10.7. The van der Waals surface area contributed by atoms with Crippen LogP contribution in [0.15, 0.2) is 41.4 Å².